The van der Waals surface area contributed by atoms with Crippen molar-refractivity contribution < 1.29 is 4.74 Å². The third-order valence-electron chi connectivity index (χ3n) is 3.56. The van der Waals surface area contributed by atoms with E-state index in [9.17, 15) is 0 Å². The highest BCUT2D eigenvalue weighted by atomic mass is 16.5. The average molecular weight is 279 g/mol. The number of nitrogens with two attached hydrogens (primary N) is 1. The van der Waals surface area contributed by atoms with Crippen LogP contribution in [0.5, 0.6) is 5.88 Å². The van der Waals surface area contributed by atoms with Crippen LogP contribution in [0.4, 0.5) is 5.82 Å². The van der Waals surface area contributed by atoms with Crippen molar-refractivity contribution in [1.29, 1.82) is 0 Å². The highest BCUT2D eigenvalue weighted by molar-refractivity contribution is 5.38. The molecule has 0 amide bonds. The Morgan fingerprint density at radius 3 is 2.50 bits per heavy atom. The van der Waals surface area contributed by atoms with E-state index >= 15 is 0 Å². The minimum atomic E-state index is 0.113. The monoisotopic (exact) mass is 279 g/mol. The van der Waals surface area contributed by atoms with Crippen molar-refractivity contribution in [3.63, 3.8) is 0 Å². The van der Waals surface area contributed by atoms with Crippen LogP contribution < -0.4 is 15.4 Å². The molecule has 2 heterocycles. The molecular weight excluding hydrogens is 254 g/mol. The molecule has 1 aromatic rings. The van der Waals surface area contributed by atoms with E-state index in [2.05, 4.69) is 26.7 Å². The minimum Gasteiger partial charge on any atom is -0.474 e. The molecule has 6 heteroatoms. The maximum atomic E-state index is 5.72. The summed E-state index contributed by atoms with van der Waals surface area (Å²) in [6.07, 6.45) is 3.58. The summed E-state index contributed by atoms with van der Waals surface area (Å²) in [5, 5.41) is 0. The Labute approximate surface area is 120 Å². The highest BCUT2D eigenvalue weighted by Crippen LogP contribution is 2.17. The van der Waals surface area contributed by atoms with Gasteiger partial charge in [0.2, 0.25) is 5.88 Å². The summed E-state index contributed by atoms with van der Waals surface area (Å²) in [5.74, 6) is 1.48. The molecule has 0 aliphatic carbocycles. The Hall–Kier alpha value is -1.40. The SMILES string of the molecule is CC(C)Oc1cncc(N2CCN(C(C)CN)CC2)n1. The molecule has 112 valence electrons. The normalized spacial score (nSPS) is 18.4. The van der Waals surface area contributed by atoms with Gasteiger partial charge in [0.05, 0.1) is 18.5 Å². The summed E-state index contributed by atoms with van der Waals surface area (Å²) in [4.78, 5) is 13.4. The Morgan fingerprint density at radius 2 is 1.90 bits per heavy atom. The van der Waals surface area contributed by atoms with Gasteiger partial charge in [-0.05, 0) is 20.8 Å². The van der Waals surface area contributed by atoms with E-state index in [-0.39, 0.29) is 6.10 Å². The van der Waals surface area contributed by atoms with Crippen molar-refractivity contribution >= 4 is 5.82 Å². The first-order chi connectivity index (χ1) is 9.60. The van der Waals surface area contributed by atoms with Crippen molar-refractivity contribution in [2.45, 2.75) is 32.9 Å². The molecule has 2 N–H and O–H groups in total. The number of nitrogens with zero attached hydrogens (tertiary/aromatic N) is 4. The number of aromatic nitrogens is 2. The van der Waals surface area contributed by atoms with Gasteiger partial charge in [0.25, 0.3) is 0 Å². The predicted molar refractivity (Wildman–Crippen MR) is 80.1 cm³/mol. The molecule has 1 aliphatic heterocycles. The van der Waals surface area contributed by atoms with Gasteiger partial charge in [-0.3, -0.25) is 9.88 Å². The third-order valence-corrected chi connectivity index (χ3v) is 3.56. The zero-order valence-electron chi connectivity index (χ0n) is 12.6. The fourth-order valence-electron chi connectivity index (χ4n) is 2.33. The lowest BCUT2D eigenvalue weighted by molar-refractivity contribution is 0.200. The van der Waals surface area contributed by atoms with Crippen molar-refractivity contribution in [3.8, 4) is 5.88 Å². The third kappa shape index (κ3) is 3.80. The molecule has 2 rings (SSSR count). The maximum absolute atomic E-state index is 5.72. The lowest BCUT2D eigenvalue weighted by atomic mass is 10.2. The van der Waals surface area contributed by atoms with E-state index in [0.717, 1.165) is 32.0 Å². The van der Waals surface area contributed by atoms with Crippen LogP contribution in [-0.4, -0.2) is 59.7 Å². The maximum Gasteiger partial charge on any atom is 0.234 e. The first-order valence-electron chi connectivity index (χ1n) is 7.28. The van der Waals surface area contributed by atoms with E-state index < -0.39 is 0 Å². The topological polar surface area (TPSA) is 67.5 Å². The summed E-state index contributed by atoms with van der Waals surface area (Å²) in [7, 11) is 0. The molecule has 0 bridgehead atoms. The van der Waals surface area contributed by atoms with Crippen molar-refractivity contribution in [2.75, 3.05) is 37.6 Å². The van der Waals surface area contributed by atoms with Crippen molar-refractivity contribution in [3.05, 3.63) is 12.4 Å². The number of rotatable bonds is 5. The molecule has 0 spiro atoms. The number of hydrogen-bond donors (Lipinski definition) is 1. The fraction of sp³-hybridized carbons (Fsp3) is 0.714. The minimum absolute atomic E-state index is 0.113. The number of anilines is 1. The summed E-state index contributed by atoms with van der Waals surface area (Å²) in [6.45, 7) is 10.8. The fourth-order valence-corrected chi connectivity index (χ4v) is 2.33. The average Bonchev–Trinajstić information content (AvgIpc) is 2.46. The lowest BCUT2D eigenvalue weighted by Gasteiger charge is -2.38. The van der Waals surface area contributed by atoms with E-state index in [1.807, 2.05) is 13.8 Å². The van der Waals surface area contributed by atoms with Gasteiger partial charge in [-0.1, -0.05) is 0 Å². The molecule has 0 radical (unpaired) electrons. The molecule has 1 aliphatic rings. The highest BCUT2D eigenvalue weighted by Gasteiger charge is 2.21. The van der Waals surface area contributed by atoms with Crippen LogP contribution in [0.3, 0.4) is 0 Å². The number of piperazine rings is 1. The zero-order chi connectivity index (χ0) is 14.5. The van der Waals surface area contributed by atoms with Gasteiger partial charge in [-0.2, -0.15) is 4.98 Å². The van der Waals surface area contributed by atoms with Crippen LogP contribution in [0, 0.1) is 0 Å². The molecule has 1 atom stereocenters. The van der Waals surface area contributed by atoms with Crippen LogP contribution in [0.2, 0.25) is 0 Å². The molecule has 1 fully saturated rings. The predicted octanol–water partition coefficient (Wildman–Crippen LogP) is 0.733. The molecule has 20 heavy (non-hydrogen) atoms. The van der Waals surface area contributed by atoms with Crippen LogP contribution in [-0.2, 0) is 0 Å². The number of ether oxygens (including phenoxy) is 1. The molecule has 0 aromatic carbocycles. The molecule has 6 nitrogen and oxygen atoms in total. The van der Waals surface area contributed by atoms with Crippen LogP contribution >= 0.6 is 0 Å². The van der Waals surface area contributed by atoms with Gasteiger partial charge in [0.15, 0.2) is 5.82 Å². The van der Waals surface area contributed by atoms with E-state index in [1.54, 1.807) is 12.4 Å². The van der Waals surface area contributed by atoms with Crippen LogP contribution in [0.15, 0.2) is 12.4 Å². The summed E-state index contributed by atoms with van der Waals surface area (Å²) >= 11 is 0. The summed E-state index contributed by atoms with van der Waals surface area (Å²) in [5.41, 5.74) is 5.72. The van der Waals surface area contributed by atoms with Crippen molar-refractivity contribution in [1.82, 2.24) is 14.9 Å². The first-order valence-corrected chi connectivity index (χ1v) is 7.28. The Balaban J connectivity index is 1.96. The standard InChI is InChI=1S/C14H25N5O/c1-11(2)20-14-10-16-9-13(17-14)19-6-4-18(5-7-19)12(3)8-15/h9-12H,4-8,15H2,1-3H3. The van der Waals surface area contributed by atoms with E-state index in [4.69, 9.17) is 10.5 Å². The van der Waals surface area contributed by atoms with Gasteiger partial charge in [-0.15, -0.1) is 0 Å². The quantitative estimate of drug-likeness (QED) is 0.857. The molecular formula is C14H25N5O. The van der Waals surface area contributed by atoms with Crippen LogP contribution in [0.1, 0.15) is 20.8 Å². The largest absolute Gasteiger partial charge is 0.474 e. The van der Waals surface area contributed by atoms with Gasteiger partial charge in [0.1, 0.15) is 0 Å². The second-order valence-corrected chi connectivity index (χ2v) is 5.49. The van der Waals surface area contributed by atoms with Crippen LogP contribution in [0.25, 0.3) is 0 Å². The van der Waals surface area contributed by atoms with Gasteiger partial charge < -0.3 is 15.4 Å². The molecule has 1 unspecified atom stereocenters. The van der Waals surface area contributed by atoms with E-state index in [1.165, 1.54) is 0 Å². The Bertz CT molecular complexity index is 418. The molecule has 0 saturated carbocycles. The second kappa shape index (κ2) is 6.85. The van der Waals surface area contributed by atoms with Gasteiger partial charge in [0, 0.05) is 38.8 Å². The zero-order valence-corrected chi connectivity index (χ0v) is 12.6. The first kappa shape index (κ1) is 15.0. The molecule has 1 aromatic heterocycles. The molecule has 1 saturated heterocycles. The van der Waals surface area contributed by atoms with Gasteiger partial charge in [-0.25, -0.2) is 0 Å². The Morgan fingerprint density at radius 1 is 1.20 bits per heavy atom. The second-order valence-electron chi connectivity index (χ2n) is 5.49. The van der Waals surface area contributed by atoms with Crippen molar-refractivity contribution in [2.24, 2.45) is 5.73 Å². The summed E-state index contributed by atoms with van der Waals surface area (Å²) < 4.78 is 5.60. The number of hydrogen-bond acceptors (Lipinski definition) is 6. The summed E-state index contributed by atoms with van der Waals surface area (Å²) in [6, 6.07) is 0.443. The Kier molecular flexibility index (Phi) is 5.14. The smallest absolute Gasteiger partial charge is 0.234 e. The lowest BCUT2D eigenvalue weighted by Crippen LogP contribution is -2.51. The van der Waals surface area contributed by atoms with E-state index in [0.29, 0.717) is 18.5 Å². The van der Waals surface area contributed by atoms with Gasteiger partial charge >= 0.3 is 0 Å².